The van der Waals surface area contributed by atoms with Crippen LogP contribution in [0.4, 0.5) is 5.69 Å². The Bertz CT molecular complexity index is 849. The maximum Gasteiger partial charge on any atom is 0.264 e. The van der Waals surface area contributed by atoms with Crippen molar-refractivity contribution in [3.8, 4) is 11.5 Å². The monoisotopic (exact) mass is 365 g/mol. The van der Waals surface area contributed by atoms with E-state index in [9.17, 15) is 8.42 Å². The van der Waals surface area contributed by atoms with E-state index in [4.69, 9.17) is 21.1 Å². The molecule has 0 spiro atoms. The topological polar surface area (TPSA) is 55.8 Å². The van der Waals surface area contributed by atoms with Crippen molar-refractivity contribution in [2.45, 2.75) is 4.90 Å². The Kier molecular flexibility index (Phi) is 4.69. The van der Waals surface area contributed by atoms with Crippen molar-refractivity contribution in [3.05, 3.63) is 60.1 Å². The highest BCUT2D eigenvalue weighted by molar-refractivity contribution is 7.92. The van der Waals surface area contributed by atoms with Crippen LogP contribution >= 0.6 is 11.6 Å². The average molecular weight is 366 g/mol. The smallest absolute Gasteiger partial charge is 0.264 e. The lowest BCUT2D eigenvalue weighted by Gasteiger charge is -2.25. The van der Waals surface area contributed by atoms with E-state index < -0.39 is 10.0 Å². The third-order valence-electron chi connectivity index (χ3n) is 3.51. The van der Waals surface area contributed by atoms with Crippen LogP contribution in [0.1, 0.15) is 0 Å². The fourth-order valence-corrected chi connectivity index (χ4v) is 3.93. The van der Waals surface area contributed by atoms with Gasteiger partial charge in [-0.25, -0.2) is 8.42 Å². The Morgan fingerprint density at radius 2 is 1.75 bits per heavy atom. The molecule has 0 aromatic heterocycles. The van der Waals surface area contributed by atoms with Gasteiger partial charge in [0.05, 0.1) is 17.1 Å². The van der Waals surface area contributed by atoms with Gasteiger partial charge < -0.3 is 9.47 Å². The largest absolute Gasteiger partial charge is 0.486 e. The van der Waals surface area contributed by atoms with Gasteiger partial charge in [0, 0.05) is 11.1 Å². The first kappa shape index (κ1) is 16.7. The summed E-state index contributed by atoms with van der Waals surface area (Å²) in [7, 11) is -3.75. The highest BCUT2D eigenvalue weighted by Crippen LogP contribution is 2.35. The van der Waals surface area contributed by atoms with Gasteiger partial charge >= 0.3 is 0 Å². The van der Waals surface area contributed by atoms with Crippen molar-refractivity contribution < 1.29 is 17.9 Å². The molecule has 1 aliphatic heterocycles. The Morgan fingerprint density at radius 1 is 1.08 bits per heavy atom. The third-order valence-corrected chi connectivity index (χ3v) is 5.57. The Labute approximate surface area is 146 Å². The highest BCUT2D eigenvalue weighted by atomic mass is 35.5. The first-order valence-corrected chi connectivity index (χ1v) is 9.13. The number of sulfonamides is 1. The number of fused-ring (bicyclic) bond motifs is 1. The Balaban J connectivity index is 2.03. The molecule has 0 fully saturated rings. The number of hydrogen-bond donors (Lipinski definition) is 0. The molecule has 0 bridgehead atoms. The Hall–Kier alpha value is -2.18. The molecule has 2 aromatic rings. The van der Waals surface area contributed by atoms with Crippen molar-refractivity contribution in [2.24, 2.45) is 0 Å². The minimum atomic E-state index is -3.75. The van der Waals surface area contributed by atoms with Gasteiger partial charge in [0.15, 0.2) is 11.5 Å². The third kappa shape index (κ3) is 3.20. The van der Waals surface area contributed by atoms with Gasteiger partial charge in [-0.2, -0.15) is 0 Å². The van der Waals surface area contributed by atoms with E-state index in [2.05, 4.69) is 6.58 Å². The van der Waals surface area contributed by atoms with Crippen LogP contribution in [0.15, 0.2) is 60.0 Å². The molecule has 0 atom stereocenters. The lowest BCUT2D eigenvalue weighted by Crippen LogP contribution is -2.31. The van der Waals surface area contributed by atoms with Gasteiger partial charge in [0.25, 0.3) is 10.0 Å². The molecule has 0 N–H and O–H groups in total. The first-order valence-electron chi connectivity index (χ1n) is 7.31. The van der Waals surface area contributed by atoms with Crippen LogP contribution < -0.4 is 13.8 Å². The number of benzene rings is 2. The average Bonchev–Trinajstić information content (AvgIpc) is 2.59. The number of rotatable bonds is 5. The molecule has 1 aliphatic rings. The molecule has 126 valence electrons. The molecule has 0 saturated heterocycles. The number of hydrogen-bond acceptors (Lipinski definition) is 4. The fourth-order valence-electron chi connectivity index (χ4n) is 2.38. The molecule has 0 saturated carbocycles. The van der Waals surface area contributed by atoms with Crippen LogP contribution in [0.25, 0.3) is 0 Å². The number of ether oxygens (including phenoxy) is 2. The number of anilines is 1. The highest BCUT2D eigenvalue weighted by Gasteiger charge is 2.25. The summed E-state index contributed by atoms with van der Waals surface area (Å²) in [6.07, 6.45) is 1.53. The SMILES string of the molecule is C=CCN(c1ccc2c(c1)OCCO2)S(=O)(=O)c1ccc(Cl)cc1. The maximum absolute atomic E-state index is 13.0. The maximum atomic E-state index is 13.0. The van der Waals surface area contributed by atoms with Crippen LogP contribution in [-0.4, -0.2) is 28.2 Å². The normalized spacial score (nSPS) is 13.4. The lowest BCUT2D eigenvalue weighted by atomic mass is 10.2. The second kappa shape index (κ2) is 6.75. The van der Waals surface area contributed by atoms with Crippen LogP contribution in [0.3, 0.4) is 0 Å². The van der Waals surface area contributed by atoms with Gasteiger partial charge in [-0.05, 0) is 36.4 Å². The van der Waals surface area contributed by atoms with Crippen molar-refractivity contribution in [1.29, 1.82) is 0 Å². The van der Waals surface area contributed by atoms with Gasteiger partial charge in [-0.3, -0.25) is 4.31 Å². The van der Waals surface area contributed by atoms with E-state index in [0.717, 1.165) is 0 Å². The predicted molar refractivity (Wildman–Crippen MR) is 93.6 cm³/mol. The van der Waals surface area contributed by atoms with Gasteiger partial charge in [0.2, 0.25) is 0 Å². The van der Waals surface area contributed by atoms with Crippen molar-refractivity contribution in [3.63, 3.8) is 0 Å². The zero-order valence-electron chi connectivity index (χ0n) is 12.8. The molecule has 3 rings (SSSR count). The van der Waals surface area contributed by atoms with Crippen LogP contribution in [0.5, 0.6) is 11.5 Å². The van der Waals surface area contributed by atoms with E-state index in [1.54, 1.807) is 30.3 Å². The van der Waals surface area contributed by atoms with Crippen LogP contribution in [0, 0.1) is 0 Å². The minimum Gasteiger partial charge on any atom is -0.486 e. The summed E-state index contributed by atoms with van der Waals surface area (Å²) in [4.78, 5) is 0.156. The molecule has 0 aliphatic carbocycles. The van der Waals surface area contributed by atoms with E-state index in [1.807, 2.05) is 0 Å². The molecule has 1 heterocycles. The minimum absolute atomic E-state index is 0.130. The van der Waals surface area contributed by atoms with Crippen molar-refractivity contribution in [1.82, 2.24) is 0 Å². The molecule has 24 heavy (non-hydrogen) atoms. The second-order valence-electron chi connectivity index (χ2n) is 5.11. The van der Waals surface area contributed by atoms with E-state index in [1.165, 1.54) is 22.5 Å². The van der Waals surface area contributed by atoms with E-state index >= 15 is 0 Å². The quantitative estimate of drug-likeness (QED) is 0.761. The molecular weight excluding hydrogens is 350 g/mol. The van der Waals surface area contributed by atoms with Gasteiger partial charge in [-0.1, -0.05) is 17.7 Å². The summed E-state index contributed by atoms with van der Waals surface area (Å²) in [5.41, 5.74) is 0.481. The number of halogens is 1. The van der Waals surface area contributed by atoms with Gasteiger partial charge in [0.1, 0.15) is 13.2 Å². The van der Waals surface area contributed by atoms with Crippen molar-refractivity contribution in [2.75, 3.05) is 24.1 Å². The second-order valence-corrected chi connectivity index (χ2v) is 7.41. The zero-order valence-corrected chi connectivity index (χ0v) is 14.4. The zero-order chi connectivity index (χ0) is 17.2. The summed E-state index contributed by atoms with van der Waals surface area (Å²) >= 11 is 5.84. The fraction of sp³-hybridized carbons (Fsp3) is 0.176. The van der Waals surface area contributed by atoms with Crippen LogP contribution in [0.2, 0.25) is 5.02 Å². The lowest BCUT2D eigenvalue weighted by molar-refractivity contribution is 0.171. The summed E-state index contributed by atoms with van der Waals surface area (Å²) in [6.45, 7) is 4.69. The standard InChI is InChI=1S/C17H16ClNO4S/c1-2-9-19(24(20,21)15-6-3-13(18)4-7-15)14-5-8-16-17(12-14)23-11-10-22-16/h2-8,12H,1,9-11H2. The van der Waals surface area contributed by atoms with Crippen LogP contribution in [-0.2, 0) is 10.0 Å². The number of nitrogens with zero attached hydrogens (tertiary/aromatic N) is 1. The Morgan fingerprint density at radius 3 is 2.42 bits per heavy atom. The molecule has 2 aromatic carbocycles. The molecule has 0 unspecified atom stereocenters. The summed E-state index contributed by atoms with van der Waals surface area (Å²) in [5.74, 6) is 1.13. The predicted octanol–water partition coefficient (Wildman–Crippen LogP) is 3.49. The molecule has 0 radical (unpaired) electrons. The summed E-state index contributed by atoms with van der Waals surface area (Å²) in [5, 5.41) is 0.476. The van der Waals surface area contributed by atoms with E-state index in [0.29, 0.717) is 35.4 Å². The van der Waals surface area contributed by atoms with Crippen molar-refractivity contribution >= 4 is 27.3 Å². The molecule has 7 heteroatoms. The first-order chi connectivity index (χ1) is 11.5. The summed E-state index contributed by atoms with van der Waals surface area (Å²) in [6, 6.07) is 11.1. The summed E-state index contributed by atoms with van der Waals surface area (Å²) < 4.78 is 38.2. The van der Waals surface area contributed by atoms with E-state index in [-0.39, 0.29) is 11.4 Å². The molecule has 5 nitrogen and oxygen atoms in total. The molecule has 0 amide bonds. The van der Waals surface area contributed by atoms with Gasteiger partial charge in [-0.15, -0.1) is 6.58 Å². The molecular formula is C17H16ClNO4S.